The van der Waals surface area contributed by atoms with E-state index in [0.717, 1.165) is 48.1 Å². The van der Waals surface area contributed by atoms with Crippen molar-refractivity contribution < 1.29 is 5.11 Å². The van der Waals surface area contributed by atoms with Crippen molar-refractivity contribution >= 4 is 34.1 Å². The summed E-state index contributed by atoms with van der Waals surface area (Å²) in [4.78, 5) is 12.8. The number of phenols is 1. The number of phenolic OH excluding ortho intramolecular Hbond substituents is 1. The van der Waals surface area contributed by atoms with E-state index in [1.807, 2.05) is 12.1 Å². The van der Waals surface area contributed by atoms with E-state index in [9.17, 15) is 5.11 Å². The van der Waals surface area contributed by atoms with Gasteiger partial charge in [0.25, 0.3) is 0 Å². The van der Waals surface area contributed by atoms with E-state index in [0.29, 0.717) is 11.3 Å². The molecule has 2 aromatic rings. The van der Waals surface area contributed by atoms with Crippen LogP contribution in [0, 0.1) is 25.2 Å². The molecule has 0 bridgehead atoms. The van der Waals surface area contributed by atoms with Gasteiger partial charge in [-0.2, -0.15) is 0 Å². The Kier molecular flexibility index (Phi) is 6.15. The Hall–Kier alpha value is -2.27. The number of hydrogen-bond donors (Lipinski definition) is 1. The van der Waals surface area contributed by atoms with Crippen LogP contribution >= 0.6 is 11.8 Å². The van der Waals surface area contributed by atoms with Crippen molar-refractivity contribution in [2.24, 2.45) is 21.3 Å². The third kappa shape index (κ3) is 4.07. The molecule has 1 N–H and O–H groups in total. The van der Waals surface area contributed by atoms with Crippen LogP contribution in [-0.2, 0) is 0 Å². The van der Waals surface area contributed by atoms with Gasteiger partial charge in [0.15, 0.2) is 11.0 Å². The maximum absolute atomic E-state index is 9.88. The fourth-order valence-electron chi connectivity index (χ4n) is 5.25. The highest BCUT2D eigenvalue weighted by Crippen LogP contribution is 2.49. The number of aryl methyl sites for hydroxylation is 2. The SMILES string of the molecule is CSC1=NC(=Nc2c(C)cccc2C)C2(CCC(C(C)(C)C)CC2)N1c1ccc(O)cc1. The highest BCUT2D eigenvalue weighted by molar-refractivity contribution is 8.13. The summed E-state index contributed by atoms with van der Waals surface area (Å²) in [7, 11) is 0. The Balaban J connectivity index is 1.84. The number of hydrogen-bond acceptors (Lipinski definition) is 4. The van der Waals surface area contributed by atoms with Gasteiger partial charge in [0.1, 0.15) is 11.3 Å². The van der Waals surface area contributed by atoms with Gasteiger partial charge >= 0.3 is 0 Å². The van der Waals surface area contributed by atoms with Gasteiger partial charge in [-0.1, -0.05) is 50.7 Å². The summed E-state index contributed by atoms with van der Waals surface area (Å²) in [6.07, 6.45) is 6.44. The molecule has 0 saturated heterocycles. The molecule has 170 valence electrons. The maximum atomic E-state index is 9.88. The van der Waals surface area contributed by atoms with Gasteiger partial charge in [-0.05, 0) is 92.5 Å². The Labute approximate surface area is 196 Å². The number of rotatable bonds is 2. The fourth-order valence-corrected chi connectivity index (χ4v) is 5.89. The van der Waals surface area contributed by atoms with Crippen molar-refractivity contribution in [1.29, 1.82) is 0 Å². The molecule has 1 aliphatic carbocycles. The summed E-state index contributed by atoms with van der Waals surface area (Å²) in [6, 6.07) is 13.9. The lowest BCUT2D eigenvalue weighted by atomic mass is 9.66. The lowest BCUT2D eigenvalue weighted by molar-refractivity contribution is 0.158. The van der Waals surface area contributed by atoms with E-state index in [1.54, 1.807) is 23.9 Å². The van der Waals surface area contributed by atoms with Crippen LogP contribution in [0.2, 0.25) is 0 Å². The number of amidine groups is 2. The van der Waals surface area contributed by atoms with Crippen molar-refractivity contribution in [1.82, 2.24) is 0 Å². The predicted molar refractivity (Wildman–Crippen MR) is 139 cm³/mol. The molecule has 1 spiro atoms. The molecule has 2 aliphatic rings. The second kappa shape index (κ2) is 8.58. The Morgan fingerprint density at radius 3 is 2.16 bits per heavy atom. The zero-order chi connectivity index (χ0) is 23.1. The van der Waals surface area contributed by atoms with Crippen LogP contribution in [-0.4, -0.2) is 27.9 Å². The largest absolute Gasteiger partial charge is 0.508 e. The van der Waals surface area contributed by atoms with E-state index in [4.69, 9.17) is 9.98 Å². The van der Waals surface area contributed by atoms with Gasteiger partial charge in [0.2, 0.25) is 0 Å². The van der Waals surface area contributed by atoms with E-state index in [2.05, 4.69) is 64.0 Å². The Morgan fingerprint density at radius 2 is 1.62 bits per heavy atom. The molecule has 0 amide bonds. The molecule has 0 radical (unpaired) electrons. The van der Waals surface area contributed by atoms with Crippen LogP contribution in [0.5, 0.6) is 5.75 Å². The van der Waals surface area contributed by atoms with Gasteiger partial charge in [0.05, 0.1) is 5.69 Å². The Morgan fingerprint density at radius 1 is 1.03 bits per heavy atom. The van der Waals surface area contributed by atoms with Crippen LogP contribution in [0.4, 0.5) is 11.4 Å². The standard InChI is InChI=1S/C27H35N3OS/c1-18-8-7-9-19(2)23(18)28-24-27(16-14-20(15-17-27)26(3,4)5)30(25(29-24)32-6)21-10-12-22(31)13-11-21/h7-13,20,31H,14-17H2,1-6H3. The average Bonchev–Trinajstić information content (AvgIpc) is 3.04. The number of nitrogens with zero attached hydrogens (tertiary/aromatic N) is 3. The Bertz CT molecular complexity index is 1020. The smallest absolute Gasteiger partial charge is 0.170 e. The topological polar surface area (TPSA) is 48.2 Å². The third-order valence-electron chi connectivity index (χ3n) is 7.22. The van der Waals surface area contributed by atoms with Crippen molar-refractivity contribution in [3.8, 4) is 5.75 Å². The number of thioether (sulfide) groups is 1. The molecule has 4 nitrogen and oxygen atoms in total. The van der Waals surface area contributed by atoms with E-state index >= 15 is 0 Å². The highest BCUT2D eigenvalue weighted by atomic mass is 32.2. The number of aromatic hydroxyl groups is 1. The summed E-state index contributed by atoms with van der Waals surface area (Å²) < 4.78 is 0. The van der Waals surface area contributed by atoms with Gasteiger partial charge in [-0.3, -0.25) is 0 Å². The van der Waals surface area contributed by atoms with E-state index < -0.39 is 0 Å². The van der Waals surface area contributed by atoms with Gasteiger partial charge < -0.3 is 10.0 Å². The van der Waals surface area contributed by atoms with Gasteiger partial charge in [0, 0.05) is 5.69 Å². The second-order valence-corrected chi connectivity index (χ2v) is 11.1. The van der Waals surface area contributed by atoms with Crippen LogP contribution in [0.25, 0.3) is 0 Å². The zero-order valence-electron chi connectivity index (χ0n) is 20.1. The number of benzene rings is 2. The second-order valence-electron chi connectivity index (χ2n) is 10.3. The minimum absolute atomic E-state index is 0.258. The molecule has 1 fully saturated rings. The monoisotopic (exact) mass is 449 g/mol. The fraction of sp³-hybridized carbons (Fsp3) is 0.481. The van der Waals surface area contributed by atoms with E-state index in [1.165, 1.54) is 11.1 Å². The molecule has 1 saturated carbocycles. The van der Waals surface area contributed by atoms with Crippen molar-refractivity contribution in [2.45, 2.75) is 65.8 Å². The molecule has 0 unspecified atom stereocenters. The molecule has 2 aromatic carbocycles. The minimum Gasteiger partial charge on any atom is -0.508 e. The first-order chi connectivity index (χ1) is 15.2. The summed E-state index contributed by atoms with van der Waals surface area (Å²) >= 11 is 1.67. The van der Waals surface area contributed by atoms with E-state index in [-0.39, 0.29) is 11.3 Å². The summed E-state index contributed by atoms with van der Waals surface area (Å²) in [5, 5.41) is 10.9. The van der Waals surface area contributed by atoms with Crippen molar-refractivity contribution in [2.75, 3.05) is 11.2 Å². The highest BCUT2D eigenvalue weighted by Gasteiger charge is 2.52. The molecule has 1 aliphatic heterocycles. The van der Waals surface area contributed by atoms with Crippen molar-refractivity contribution in [3.05, 3.63) is 53.6 Å². The van der Waals surface area contributed by atoms with Crippen LogP contribution in [0.3, 0.4) is 0 Å². The number of anilines is 1. The number of para-hydroxylation sites is 1. The first-order valence-electron chi connectivity index (χ1n) is 11.5. The minimum atomic E-state index is -0.258. The lowest BCUT2D eigenvalue weighted by Crippen LogP contribution is -2.54. The lowest BCUT2D eigenvalue weighted by Gasteiger charge is -2.47. The first-order valence-corrected chi connectivity index (χ1v) is 12.8. The van der Waals surface area contributed by atoms with Crippen LogP contribution < -0.4 is 4.90 Å². The zero-order valence-corrected chi connectivity index (χ0v) is 21.0. The van der Waals surface area contributed by atoms with Crippen LogP contribution in [0.1, 0.15) is 57.6 Å². The molecule has 5 heteroatoms. The summed E-state index contributed by atoms with van der Waals surface area (Å²) in [5.41, 5.74) is 4.51. The first kappa shape index (κ1) is 22.9. The molecule has 32 heavy (non-hydrogen) atoms. The third-order valence-corrected chi connectivity index (χ3v) is 7.86. The quantitative estimate of drug-likeness (QED) is 0.525. The summed E-state index contributed by atoms with van der Waals surface area (Å²) in [6.45, 7) is 11.3. The van der Waals surface area contributed by atoms with Crippen LogP contribution in [0.15, 0.2) is 52.4 Å². The van der Waals surface area contributed by atoms with Gasteiger partial charge in [-0.15, -0.1) is 0 Å². The number of aliphatic imine (C=N–C) groups is 2. The maximum Gasteiger partial charge on any atom is 0.170 e. The molecule has 0 atom stereocenters. The van der Waals surface area contributed by atoms with Gasteiger partial charge in [-0.25, -0.2) is 9.98 Å². The average molecular weight is 450 g/mol. The van der Waals surface area contributed by atoms with Crippen molar-refractivity contribution in [3.63, 3.8) is 0 Å². The predicted octanol–water partition coefficient (Wildman–Crippen LogP) is 7.25. The summed E-state index contributed by atoms with van der Waals surface area (Å²) in [5.74, 6) is 1.90. The molecular formula is C27H35N3OS. The molecule has 0 aromatic heterocycles. The normalized spacial score (nSPS) is 24.9. The molecule has 4 rings (SSSR count). The molecule has 1 heterocycles. The molecular weight excluding hydrogens is 414 g/mol.